The van der Waals surface area contributed by atoms with Crippen LogP contribution in [0.2, 0.25) is 0 Å². The van der Waals surface area contributed by atoms with E-state index in [9.17, 15) is 19.2 Å². The van der Waals surface area contributed by atoms with Crippen molar-refractivity contribution in [3.05, 3.63) is 70.6 Å². The lowest BCUT2D eigenvalue weighted by atomic mass is 9.91. The van der Waals surface area contributed by atoms with Crippen molar-refractivity contribution in [1.82, 2.24) is 39.9 Å². The van der Waals surface area contributed by atoms with Crippen LogP contribution in [-0.2, 0) is 32.3 Å². The first kappa shape index (κ1) is 33.6. The van der Waals surface area contributed by atoms with Crippen LogP contribution in [0.15, 0.2) is 53.5 Å². The Balaban J connectivity index is 1.21. The highest BCUT2D eigenvalue weighted by molar-refractivity contribution is 9.10. The number of ketones is 1. The van der Waals surface area contributed by atoms with E-state index in [1.165, 1.54) is 11.6 Å². The van der Waals surface area contributed by atoms with Gasteiger partial charge in [-0.2, -0.15) is 5.10 Å². The quantitative estimate of drug-likeness (QED) is 0.178. The number of halogens is 1. The third-order valence-electron chi connectivity index (χ3n) is 9.72. The molecule has 50 heavy (non-hydrogen) atoms. The van der Waals surface area contributed by atoms with E-state index in [1.54, 1.807) is 42.5 Å². The van der Waals surface area contributed by atoms with Gasteiger partial charge in [0.05, 0.1) is 36.0 Å². The van der Waals surface area contributed by atoms with Gasteiger partial charge in [0.1, 0.15) is 34.5 Å². The highest BCUT2D eigenvalue weighted by atomic mass is 79.9. The van der Waals surface area contributed by atoms with Gasteiger partial charge >= 0.3 is 0 Å². The van der Waals surface area contributed by atoms with Crippen LogP contribution < -0.4 is 10.6 Å². The summed E-state index contributed by atoms with van der Waals surface area (Å²) in [5, 5.41) is 11.1. The molecule has 4 aromatic heterocycles. The van der Waals surface area contributed by atoms with Gasteiger partial charge in [-0.1, -0.05) is 18.2 Å². The maximum Gasteiger partial charge on any atom is 0.248 e. The lowest BCUT2D eigenvalue weighted by Gasteiger charge is -2.27. The number of aryl methyl sites for hydroxylation is 1. The van der Waals surface area contributed by atoms with Crippen molar-refractivity contribution in [3.63, 3.8) is 0 Å². The molecule has 2 aliphatic heterocycles. The number of hydrogen-bond donors (Lipinski definition) is 2. The first-order chi connectivity index (χ1) is 23.8. The zero-order valence-electron chi connectivity index (χ0n) is 28.1. The molecule has 4 aromatic rings. The van der Waals surface area contributed by atoms with Gasteiger partial charge in [0, 0.05) is 53.8 Å². The number of fused-ring (bicyclic) bond motifs is 3. The molecule has 0 aromatic carbocycles. The number of likely N-dealkylation sites (tertiary alicyclic amines) is 1. The number of carbonyl (C=O) groups excluding carboxylic acids is 4. The highest BCUT2D eigenvalue weighted by Gasteiger charge is 2.67. The average molecular weight is 743 g/mol. The van der Waals surface area contributed by atoms with Gasteiger partial charge in [-0.25, -0.2) is 15.0 Å². The molecule has 3 atom stereocenters. The second-order valence-electron chi connectivity index (χ2n) is 13.7. The van der Waals surface area contributed by atoms with Gasteiger partial charge in [0.15, 0.2) is 5.78 Å². The number of aromatic nitrogens is 6. The Morgan fingerprint density at radius 1 is 1.10 bits per heavy atom. The number of rotatable bonds is 4. The zero-order chi connectivity index (χ0) is 35.4. The van der Waals surface area contributed by atoms with E-state index in [0.717, 1.165) is 0 Å². The topological polar surface area (TPSA) is 174 Å². The molecule has 2 fully saturated rings. The molecule has 7 rings (SSSR count). The van der Waals surface area contributed by atoms with E-state index in [-0.39, 0.29) is 49.1 Å². The number of Topliss-reactive ketones (excluding diaryl/α,β-unsaturated/α-hetero) is 1. The molecule has 1 aliphatic carbocycles. The number of hydrogen-bond acceptors (Lipinski definition) is 10. The number of amides is 3. The van der Waals surface area contributed by atoms with Crippen molar-refractivity contribution < 1.29 is 23.9 Å². The van der Waals surface area contributed by atoms with Crippen LogP contribution in [0, 0.1) is 17.8 Å². The predicted molar refractivity (Wildman–Crippen MR) is 186 cm³/mol. The van der Waals surface area contributed by atoms with Gasteiger partial charge in [-0.3, -0.25) is 28.8 Å². The number of piperidine rings is 1. The number of ether oxygens (including phenoxy) is 1. The van der Waals surface area contributed by atoms with Crippen molar-refractivity contribution in [2.75, 3.05) is 18.5 Å². The van der Waals surface area contributed by atoms with Crippen molar-refractivity contribution in [1.29, 1.82) is 0 Å². The number of pyridine rings is 2. The van der Waals surface area contributed by atoms with E-state index in [1.807, 2.05) is 32.1 Å². The fourth-order valence-corrected chi connectivity index (χ4v) is 7.15. The summed E-state index contributed by atoms with van der Waals surface area (Å²) in [6.45, 7) is 7.39. The Bertz CT molecular complexity index is 2080. The molecular formula is C35H36BrN9O5. The van der Waals surface area contributed by atoms with Crippen molar-refractivity contribution in [2.45, 2.75) is 65.8 Å². The first-order valence-corrected chi connectivity index (χ1v) is 17.1. The van der Waals surface area contributed by atoms with Crippen LogP contribution in [0.1, 0.15) is 55.5 Å². The van der Waals surface area contributed by atoms with E-state index < -0.39 is 22.8 Å². The van der Waals surface area contributed by atoms with Gasteiger partial charge in [-0.15, -0.1) is 0 Å². The van der Waals surface area contributed by atoms with Gasteiger partial charge in [-0.05, 0) is 61.7 Å². The van der Waals surface area contributed by atoms with Crippen LogP contribution in [0.25, 0.3) is 22.2 Å². The second-order valence-corrected chi connectivity index (χ2v) is 14.5. The molecule has 1 spiro atoms. The van der Waals surface area contributed by atoms with E-state index in [0.29, 0.717) is 63.4 Å². The summed E-state index contributed by atoms with van der Waals surface area (Å²) in [6, 6.07) is 4.21. The smallest absolute Gasteiger partial charge is 0.248 e. The Kier molecular flexibility index (Phi) is 8.58. The van der Waals surface area contributed by atoms with Crippen LogP contribution in [0.3, 0.4) is 0 Å². The average Bonchev–Trinajstić information content (AvgIpc) is 3.50. The molecule has 3 amide bonds. The lowest BCUT2D eigenvalue weighted by Crippen LogP contribution is -2.47. The summed E-state index contributed by atoms with van der Waals surface area (Å²) in [6.07, 6.45) is 9.51. The minimum absolute atomic E-state index is 0.158. The first-order valence-electron chi connectivity index (χ1n) is 16.3. The molecule has 1 saturated carbocycles. The minimum Gasteiger partial charge on any atom is -0.373 e. The van der Waals surface area contributed by atoms with E-state index >= 15 is 0 Å². The molecule has 2 bridgehead atoms. The van der Waals surface area contributed by atoms with Gasteiger partial charge in [0.25, 0.3) is 0 Å². The fraction of sp³-hybridized carbons (Fsp3) is 0.400. The molecule has 258 valence electrons. The van der Waals surface area contributed by atoms with Gasteiger partial charge in [0.2, 0.25) is 17.7 Å². The Hall–Kier alpha value is -4.89. The zero-order valence-corrected chi connectivity index (χ0v) is 29.7. The summed E-state index contributed by atoms with van der Waals surface area (Å²) in [7, 11) is 0. The maximum absolute atomic E-state index is 14.3. The Labute approximate surface area is 296 Å². The number of nitrogens with one attached hydrogen (secondary N) is 2. The SMILES string of the molecule is CC(=O)c1nn(CC(=O)N2[C@H]3C[C@@]4(CNC(=O)C(C)(C)C=CCOCc5ccc(Br)nc5NC3=O)C[C@@H]24)c2cnc(-c3cnc(C)nc3)cc12. The largest absolute Gasteiger partial charge is 0.373 e. The molecule has 15 heteroatoms. The molecular weight excluding hydrogens is 706 g/mol. The Morgan fingerprint density at radius 3 is 2.64 bits per heavy atom. The third kappa shape index (κ3) is 6.31. The van der Waals surface area contributed by atoms with Crippen molar-refractivity contribution in [3.8, 4) is 11.3 Å². The van der Waals surface area contributed by atoms with E-state index in [4.69, 9.17) is 4.74 Å². The predicted octanol–water partition coefficient (Wildman–Crippen LogP) is 3.78. The molecule has 0 radical (unpaired) electrons. The summed E-state index contributed by atoms with van der Waals surface area (Å²) >= 11 is 3.39. The maximum atomic E-state index is 14.3. The number of nitrogens with zero attached hydrogens (tertiary/aromatic N) is 7. The molecule has 0 unspecified atom stereocenters. The summed E-state index contributed by atoms with van der Waals surface area (Å²) < 4.78 is 7.83. The third-order valence-corrected chi connectivity index (χ3v) is 10.2. The van der Waals surface area contributed by atoms with Crippen LogP contribution in [0.4, 0.5) is 5.82 Å². The number of carbonyl (C=O) groups is 4. The molecule has 6 heterocycles. The second kappa shape index (κ2) is 12.8. The van der Waals surface area contributed by atoms with Crippen LogP contribution in [0.5, 0.6) is 0 Å². The molecule has 1 saturated heterocycles. The van der Waals surface area contributed by atoms with E-state index in [2.05, 4.69) is 51.6 Å². The van der Waals surface area contributed by atoms with Gasteiger partial charge < -0.3 is 20.3 Å². The summed E-state index contributed by atoms with van der Waals surface area (Å²) in [5.41, 5.74) is 1.34. The summed E-state index contributed by atoms with van der Waals surface area (Å²) in [4.78, 5) is 73.5. The molecule has 3 aliphatic rings. The lowest BCUT2D eigenvalue weighted by molar-refractivity contribution is -0.138. The van der Waals surface area contributed by atoms with Crippen molar-refractivity contribution in [2.24, 2.45) is 10.8 Å². The standard InChI is InChI=1S/C35H36BrN9O5/c1-19(46)30-23-10-24(22-13-37-20(2)38-14-22)39-15-26(23)44(43-30)16-29(47)45-25-11-35(12-27(35)45)18-40-33(49)34(3,4)8-5-9-50-17-21-6-7-28(36)41-31(21)42-32(25)48/h5-8,10,13-15,25,27H,9,11-12,16-18H2,1-4H3,(H,40,49)(H,41,42,48)/t25-,27+,35-/m0/s1. The monoisotopic (exact) mass is 741 g/mol. The normalized spacial score (nSPS) is 23.2. The summed E-state index contributed by atoms with van der Waals surface area (Å²) in [5.74, 6) is -0.206. The van der Waals surface area contributed by atoms with Crippen LogP contribution in [-0.4, -0.2) is 83.4 Å². The Morgan fingerprint density at radius 2 is 1.88 bits per heavy atom. The number of anilines is 1. The molecule has 2 N–H and O–H groups in total. The molecule has 14 nitrogen and oxygen atoms in total. The van der Waals surface area contributed by atoms with Crippen LogP contribution >= 0.6 is 15.9 Å². The fourth-order valence-electron chi connectivity index (χ4n) is 6.84. The highest BCUT2D eigenvalue weighted by Crippen LogP contribution is 2.59. The van der Waals surface area contributed by atoms with Crippen molar-refractivity contribution >= 4 is 56.2 Å². The minimum atomic E-state index is -0.839.